The average Bonchev–Trinajstić information content (AvgIpc) is 3.21. The highest BCUT2D eigenvalue weighted by molar-refractivity contribution is 5.95. The maximum Gasteiger partial charge on any atom is 0.241 e. The van der Waals surface area contributed by atoms with Crippen molar-refractivity contribution in [2.45, 2.75) is 44.4 Å². The third-order valence-electron chi connectivity index (χ3n) is 4.78. The lowest BCUT2D eigenvalue weighted by atomic mass is 10.1. The zero-order valence-electron chi connectivity index (χ0n) is 14.4. The van der Waals surface area contributed by atoms with Crippen LogP contribution in [0.5, 0.6) is 0 Å². The number of fused-ring (bicyclic) bond motifs is 1. The maximum absolute atomic E-state index is 12.1. The van der Waals surface area contributed by atoms with Crippen LogP contribution in [0.2, 0.25) is 0 Å². The molecule has 6 nitrogen and oxygen atoms in total. The van der Waals surface area contributed by atoms with Crippen LogP contribution in [0.1, 0.15) is 25.1 Å². The predicted molar refractivity (Wildman–Crippen MR) is 106 cm³/mol. The number of carbonyl (C=O) groups is 1. The Labute approximate surface area is 165 Å². The number of hydrogen-bond acceptors (Lipinski definition) is 4. The fourth-order valence-corrected chi connectivity index (χ4v) is 3.42. The Morgan fingerprint density at radius 2 is 2.00 bits per heavy atom. The number of aryl methyl sites for hydroxylation is 2. The topological polar surface area (TPSA) is 79.2 Å². The summed E-state index contributed by atoms with van der Waals surface area (Å²) in [6, 6.07) is 7.45. The van der Waals surface area contributed by atoms with Crippen molar-refractivity contribution < 1.29 is 9.90 Å². The number of aromatic nitrogens is 2. The van der Waals surface area contributed by atoms with Crippen molar-refractivity contribution in [3.8, 4) is 11.3 Å². The maximum atomic E-state index is 12.1. The van der Waals surface area contributed by atoms with Gasteiger partial charge in [0, 0.05) is 37.0 Å². The molecule has 2 aromatic rings. The molecule has 0 spiro atoms. The molecule has 2 aliphatic rings. The van der Waals surface area contributed by atoms with Crippen molar-refractivity contribution in [1.29, 1.82) is 0 Å². The van der Waals surface area contributed by atoms with Gasteiger partial charge >= 0.3 is 0 Å². The zero-order valence-corrected chi connectivity index (χ0v) is 16.0. The fraction of sp³-hybridized carbons (Fsp3) is 0.444. The quantitative estimate of drug-likeness (QED) is 0.741. The Hall–Kier alpha value is -1.60. The van der Waals surface area contributed by atoms with Gasteiger partial charge in [-0.1, -0.05) is 12.1 Å². The molecule has 2 unspecified atom stereocenters. The van der Waals surface area contributed by atoms with Gasteiger partial charge in [-0.25, -0.2) is 4.98 Å². The second kappa shape index (κ2) is 8.86. The van der Waals surface area contributed by atoms with Crippen LogP contribution in [0.15, 0.2) is 30.5 Å². The van der Waals surface area contributed by atoms with Gasteiger partial charge in [0.15, 0.2) is 0 Å². The van der Waals surface area contributed by atoms with Crippen molar-refractivity contribution in [3.05, 3.63) is 36.3 Å². The summed E-state index contributed by atoms with van der Waals surface area (Å²) in [5, 5.41) is 15.4. The van der Waals surface area contributed by atoms with Crippen molar-refractivity contribution in [2.75, 3.05) is 11.9 Å². The van der Waals surface area contributed by atoms with Crippen molar-refractivity contribution in [1.82, 2.24) is 14.9 Å². The second-order valence-electron chi connectivity index (χ2n) is 6.61. The summed E-state index contributed by atoms with van der Waals surface area (Å²) in [4.78, 5) is 16.9. The van der Waals surface area contributed by atoms with Gasteiger partial charge in [0.25, 0.3) is 0 Å². The van der Waals surface area contributed by atoms with E-state index in [0.29, 0.717) is 13.0 Å². The summed E-state index contributed by atoms with van der Waals surface area (Å²) < 4.78 is 2.24. The summed E-state index contributed by atoms with van der Waals surface area (Å²) >= 11 is 0. The first-order valence-corrected chi connectivity index (χ1v) is 8.58. The zero-order chi connectivity index (χ0) is 16.5. The van der Waals surface area contributed by atoms with Crippen LogP contribution >= 0.6 is 24.8 Å². The van der Waals surface area contributed by atoms with Crippen LogP contribution in [-0.2, 0) is 17.8 Å². The second-order valence-corrected chi connectivity index (χ2v) is 6.61. The van der Waals surface area contributed by atoms with E-state index < -0.39 is 6.10 Å². The smallest absolute Gasteiger partial charge is 0.241 e. The Kier molecular flexibility index (Phi) is 7.06. The number of anilines is 1. The monoisotopic (exact) mass is 398 g/mol. The number of carbonyl (C=O) groups excluding carboxylic acids is 1. The van der Waals surface area contributed by atoms with Crippen LogP contribution in [0, 0.1) is 0 Å². The number of aliphatic hydroxyl groups excluding tert-OH is 1. The molecule has 3 heterocycles. The van der Waals surface area contributed by atoms with Crippen molar-refractivity contribution >= 4 is 36.4 Å². The van der Waals surface area contributed by atoms with Gasteiger partial charge in [-0.15, -0.1) is 24.8 Å². The summed E-state index contributed by atoms with van der Waals surface area (Å²) in [5.74, 6) is 1.07. The number of hydrogen-bond donors (Lipinski definition) is 3. The van der Waals surface area contributed by atoms with E-state index in [0.717, 1.165) is 29.9 Å². The van der Waals surface area contributed by atoms with Gasteiger partial charge in [-0.05, 0) is 31.4 Å². The Bertz CT molecular complexity index is 725. The van der Waals surface area contributed by atoms with Gasteiger partial charge < -0.3 is 20.3 Å². The molecule has 3 N–H and O–H groups in total. The SMILES string of the molecule is Cl.Cl.O=C(Nc1ccc(-c2cn3c(n2)CCCC3)cc1)C1CC(O)CN1. The first-order valence-electron chi connectivity index (χ1n) is 8.58. The van der Waals surface area contributed by atoms with E-state index in [1.807, 2.05) is 24.3 Å². The number of benzene rings is 1. The van der Waals surface area contributed by atoms with Crippen LogP contribution in [-0.4, -0.2) is 39.3 Å². The average molecular weight is 399 g/mol. The third-order valence-corrected chi connectivity index (χ3v) is 4.78. The number of aliphatic hydroxyl groups is 1. The highest BCUT2D eigenvalue weighted by Crippen LogP contribution is 2.24. The molecule has 2 aliphatic heterocycles. The van der Waals surface area contributed by atoms with E-state index >= 15 is 0 Å². The summed E-state index contributed by atoms with van der Waals surface area (Å²) in [6.07, 6.45) is 5.63. The number of imidazole rings is 1. The molecular weight excluding hydrogens is 375 g/mol. The number of nitrogens with zero attached hydrogens (tertiary/aromatic N) is 2. The molecule has 142 valence electrons. The lowest BCUT2D eigenvalue weighted by Gasteiger charge is -2.11. The van der Waals surface area contributed by atoms with Crippen LogP contribution < -0.4 is 10.6 Å². The lowest BCUT2D eigenvalue weighted by Crippen LogP contribution is -2.35. The Morgan fingerprint density at radius 3 is 2.65 bits per heavy atom. The molecule has 1 aromatic heterocycles. The lowest BCUT2D eigenvalue weighted by molar-refractivity contribution is -0.117. The minimum absolute atomic E-state index is 0. The summed E-state index contributed by atoms with van der Waals surface area (Å²) in [7, 11) is 0. The molecule has 8 heteroatoms. The highest BCUT2D eigenvalue weighted by atomic mass is 35.5. The molecule has 4 rings (SSSR count). The molecule has 0 saturated carbocycles. The number of nitrogens with one attached hydrogen (secondary N) is 2. The van der Waals surface area contributed by atoms with E-state index in [1.54, 1.807) is 0 Å². The number of rotatable bonds is 3. The van der Waals surface area contributed by atoms with Crippen molar-refractivity contribution in [3.63, 3.8) is 0 Å². The van der Waals surface area contributed by atoms with Gasteiger partial charge in [0.1, 0.15) is 5.82 Å². The third kappa shape index (κ3) is 4.38. The highest BCUT2D eigenvalue weighted by Gasteiger charge is 2.27. The molecule has 0 bridgehead atoms. The van der Waals surface area contributed by atoms with Crippen LogP contribution in [0.3, 0.4) is 0 Å². The number of halogens is 2. The first kappa shape index (κ1) is 20.7. The molecule has 2 atom stereocenters. The predicted octanol–water partition coefficient (Wildman–Crippen LogP) is 2.39. The largest absolute Gasteiger partial charge is 0.392 e. The van der Waals surface area contributed by atoms with E-state index in [9.17, 15) is 9.90 Å². The molecule has 0 aliphatic carbocycles. The van der Waals surface area contributed by atoms with E-state index in [4.69, 9.17) is 4.98 Å². The first-order chi connectivity index (χ1) is 11.7. The molecule has 0 radical (unpaired) electrons. The molecule has 26 heavy (non-hydrogen) atoms. The standard InChI is InChI=1S/C18H22N4O2.2ClH/c23-14-9-15(19-10-14)18(24)20-13-6-4-12(5-7-13)16-11-22-8-2-1-3-17(22)21-16;;/h4-7,11,14-15,19,23H,1-3,8-10H2,(H,20,24);2*1H. The van der Waals surface area contributed by atoms with Gasteiger partial charge in [0.05, 0.1) is 17.8 Å². The van der Waals surface area contributed by atoms with Gasteiger partial charge in [-0.2, -0.15) is 0 Å². The van der Waals surface area contributed by atoms with E-state index in [1.165, 1.54) is 18.7 Å². The molecule has 1 amide bonds. The fourth-order valence-electron chi connectivity index (χ4n) is 3.42. The van der Waals surface area contributed by atoms with Crippen LogP contribution in [0.4, 0.5) is 5.69 Å². The number of β-amino-alcohol motifs (C(OH)–C–C–N with tert-alkyl or cyclic N) is 1. The normalized spacial score (nSPS) is 21.3. The molecule has 1 saturated heterocycles. The van der Waals surface area contributed by atoms with Crippen LogP contribution in [0.25, 0.3) is 11.3 Å². The minimum Gasteiger partial charge on any atom is -0.392 e. The summed E-state index contributed by atoms with van der Waals surface area (Å²) in [6.45, 7) is 1.53. The van der Waals surface area contributed by atoms with E-state index in [2.05, 4.69) is 21.4 Å². The molecule has 1 aromatic carbocycles. The molecular formula is C18H24Cl2N4O2. The minimum atomic E-state index is -0.435. The Morgan fingerprint density at radius 1 is 1.23 bits per heavy atom. The van der Waals surface area contributed by atoms with Gasteiger partial charge in [0.2, 0.25) is 5.91 Å². The Balaban J connectivity index is 0.00000121. The molecule has 1 fully saturated rings. The van der Waals surface area contributed by atoms with Gasteiger partial charge in [-0.3, -0.25) is 4.79 Å². The van der Waals surface area contributed by atoms with Crippen molar-refractivity contribution in [2.24, 2.45) is 0 Å². The van der Waals surface area contributed by atoms with E-state index in [-0.39, 0.29) is 36.8 Å². The number of amides is 1. The summed E-state index contributed by atoms with van der Waals surface area (Å²) in [5.41, 5.74) is 2.81.